The minimum absolute atomic E-state index is 0.112. The first-order chi connectivity index (χ1) is 16.4. The third-order valence-electron chi connectivity index (χ3n) is 6.20. The van der Waals surface area contributed by atoms with Crippen molar-refractivity contribution >= 4 is 60.6 Å². The predicted octanol–water partition coefficient (Wildman–Crippen LogP) is 7.09. The van der Waals surface area contributed by atoms with E-state index in [2.05, 4.69) is 50.1 Å². The molecule has 1 spiro atoms. The molecular formula is C27H22Br2O5. The molecule has 1 aliphatic heterocycles. The summed E-state index contributed by atoms with van der Waals surface area (Å²) in [5, 5.41) is 2.30. The van der Waals surface area contributed by atoms with Gasteiger partial charge in [0, 0.05) is 12.8 Å². The third kappa shape index (κ3) is 4.64. The summed E-state index contributed by atoms with van der Waals surface area (Å²) in [5.41, 5.74) is 1.60. The van der Waals surface area contributed by atoms with Crippen molar-refractivity contribution in [2.75, 3.05) is 0 Å². The van der Waals surface area contributed by atoms with Gasteiger partial charge < -0.3 is 14.2 Å². The van der Waals surface area contributed by atoms with Gasteiger partial charge >= 0.3 is 11.9 Å². The van der Waals surface area contributed by atoms with Crippen LogP contribution in [-0.2, 0) is 25.7 Å². The first-order valence-electron chi connectivity index (χ1n) is 11.2. The Morgan fingerprint density at radius 2 is 1.53 bits per heavy atom. The second-order valence-corrected chi connectivity index (χ2v) is 10.3. The zero-order valence-electron chi connectivity index (χ0n) is 18.3. The zero-order valence-corrected chi connectivity index (χ0v) is 21.5. The monoisotopic (exact) mass is 584 g/mol. The van der Waals surface area contributed by atoms with Crippen molar-refractivity contribution in [3.05, 3.63) is 80.2 Å². The summed E-state index contributed by atoms with van der Waals surface area (Å²) in [4.78, 5) is 25.3. The number of carbonyl (C=O) groups is 2. The lowest BCUT2D eigenvalue weighted by Crippen LogP contribution is -2.47. The van der Waals surface area contributed by atoms with Crippen LogP contribution in [0.2, 0.25) is 0 Å². The van der Waals surface area contributed by atoms with E-state index in [0.29, 0.717) is 39.7 Å². The number of ether oxygens (including phenoxy) is 3. The number of hydrogen-bond acceptors (Lipinski definition) is 5. The van der Waals surface area contributed by atoms with E-state index < -0.39 is 17.7 Å². The Morgan fingerprint density at radius 3 is 2.24 bits per heavy atom. The Hall–Kier alpha value is -2.64. The second-order valence-electron chi connectivity index (χ2n) is 8.55. The molecule has 1 heterocycles. The molecule has 3 aromatic carbocycles. The highest BCUT2D eigenvalue weighted by Gasteiger charge is 2.46. The lowest BCUT2D eigenvalue weighted by Gasteiger charge is -2.38. The molecule has 7 heteroatoms. The first kappa shape index (κ1) is 23.1. The number of fused-ring (bicyclic) bond motifs is 1. The molecule has 2 fully saturated rings. The van der Waals surface area contributed by atoms with Crippen LogP contribution in [0.15, 0.2) is 69.1 Å². The van der Waals surface area contributed by atoms with Gasteiger partial charge in [0.25, 0.3) is 5.79 Å². The second kappa shape index (κ2) is 9.55. The van der Waals surface area contributed by atoms with Crippen LogP contribution in [0, 0.1) is 0 Å². The van der Waals surface area contributed by atoms with E-state index in [0.717, 1.165) is 35.6 Å². The lowest BCUT2D eigenvalue weighted by molar-refractivity contribution is -0.244. The molecule has 0 bridgehead atoms. The molecule has 0 unspecified atom stereocenters. The molecular weight excluding hydrogens is 564 g/mol. The van der Waals surface area contributed by atoms with Gasteiger partial charge in [-0.2, -0.15) is 0 Å². The molecule has 0 N–H and O–H groups in total. The number of esters is 2. The number of halogens is 2. The Morgan fingerprint density at radius 1 is 0.882 bits per heavy atom. The maximum Gasteiger partial charge on any atom is 0.348 e. The Balaban J connectivity index is 1.35. The highest BCUT2D eigenvalue weighted by Crippen LogP contribution is 2.39. The summed E-state index contributed by atoms with van der Waals surface area (Å²) in [6.45, 7) is 0.389. The van der Waals surface area contributed by atoms with Crippen molar-refractivity contribution in [1.29, 1.82) is 0 Å². The van der Waals surface area contributed by atoms with E-state index in [-0.39, 0.29) is 5.57 Å². The van der Waals surface area contributed by atoms with Crippen LogP contribution in [-0.4, -0.2) is 17.7 Å². The number of carbonyl (C=O) groups excluding carboxylic acids is 2. The average molecular weight is 586 g/mol. The van der Waals surface area contributed by atoms with Crippen LogP contribution in [0.5, 0.6) is 5.75 Å². The average Bonchev–Trinajstić information content (AvgIpc) is 2.81. The summed E-state index contributed by atoms with van der Waals surface area (Å²) in [5.74, 6) is -1.74. The summed E-state index contributed by atoms with van der Waals surface area (Å²) >= 11 is 7.11. The van der Waals surface area contributed by atoms with Crippen LogP contribution in [0.1, 0.15) is 43.2 Å². The molecule has 2 aliphatic rings. The quantitative estimate of drug-likeness (QED) is 0.186. The summed E-state index contributed by atoms with van der Waals surface area (Å²) < 4.78 is 18.7. The van der Waals surface area contributed by atoms with Crippen LogP contribution >= 0.6 is 31.9 Å². The maximum absolute atomic E-state index is 12.6. The maximum atomic E-state index is 12.6. The predicted molar refractivity (Wildman–Crippen MR) is 136 cm³/mol. The SMILES string of the molecule is O=C1OC2(CCCCC2)OC(=O)C1=Cc1cc(Br)c(OCc2cccc3ccccc23)c(Br)c1. The summed E-state index contributed by atoms with van der Waals surface area (Å²) in [6, 6.07) is 17.9. The van der Waals surface area contributed by atoms with E-state index in [1.54, 1.807) is 12.1 Å². The smallest absolute Gasteiger partial charge is 0.348 e. The van der Waals surface area contributed by atoms with E-state index in [4.69, 9.17) is 14.2 Å². The minimum Gasteiger partial charge on any atom is -0.487 e. The van der Waals surface area contributed by atoms with Gasteiger partial charge in [0.15, 0.2) is 0 Å². The molecule has 0 radical (unpaired) electrons. The number of rotatable bonds is 4. The molecule has 5 nitrogen and oxygen atoms in total. The van der Waals surface area contributed by atoms with Crippen LogP contribution in [0.3, 0.4) is 0 Å². The van der Waals surface area contributed by atoms with Gasteiger partial charge in [-0.15, -0.1) is 0 Å². The van der Waals surface area contributed by atoms with Crippen molar-refractivity contribution in [3.8, 4) is 5.75 Å². The van der Waals surface area contributed by atoms with Crippen LogP contribution in [0.25, 0.3) is 16.8 Å². The van der Waals surface area contributed by atoms with Gasteiger partial charge in [-0.05, 0) is 84.8 Å². The standard InChI is InChI=1S/C27H22Br2O5/c28-22-14-17(13-21-25(30)33-27(34-26(21)31)11-4-1-5-12-27)15-23(29)24(22)32-16-19-9-6-8-18-7-2-3-10-20(18)19/h2-3,6-10,13-15H,1,4-5,11-12,16H2. The summed E-state index contributed by atoms with van der Waals surface area (Å²) in [6.07, 6.45) is 5.40. The third-order valence-corrected chi connectivity index (χ3v) is 7.37. The molecule has 1 aliphatic carbocycles. The highest BCUT2D eigenvalue weighted by atomic mass is 79.9. The first-order valence-corrected chi connectivity index (χ1v) is 12.8. The molecule has 5 rings (SSSR count). The molecule has 0 atom stereocenters. The van der Waals surface area contributed by atoms with E-state index in [1.807, 2.05) is 24.3 Å². The molecule has 0 amide bonds. The fourth-order valence-electron chi connectivity index (χ4n) is 4.50. The highest BCUT2D eigenvalue weighted by molar-refractivity contribution is 9.11. The minimum atomic E-state index is -1.09. The van der Waals surface area contributed by atoms with Crippen molar-refractivity contribution < 1.29 is 23.8 Å². The molecule has 1 saturated carbocycles. The van der Waals surface area contributed by atoms with Gasteiger partial charge in [-0.3, -0.25) is 0 Å². The summed E-state index contributed by atoms with van der Waals surface area (Å²) in [7, 11) is 0. The molecule has 34 heavy (non-hydrogen) atoms. The van der Waals surface area contributed by atoms with Crippen molar-refractivity contribution in [2.45, 2.75) is 44.5 Å². The Kier molecular flexibility index (Phi) is 6.49. The van der Waals surface area contributed by atoms with E-state index in [1.165, 1.54) is 6.08 Å². The number of hydrogen-bond donors (Lipinski definition) is 0. The Bertz CT molecular complexity index is 1260. The van der Waals surface area contributed by atoms with E-state index >= 15 is 0 Å². The molecule has 0 aromatic heterocycles. The molecule has 1 saturated heterocycles. The van der Waals surface area contributed by atoms with Gasteiger partial charge in [0.1, 0.15) is 17.9 Å². The van der Waals surface area contributed by atoms with Crippen molar-refractivity contribution in [3.63, 3.8) is 0 Å². The lowest BCUT2D eigenvalue weighted by atomic mass is 9.93. The van der Waals surface area contributed by atoms with Gasteiger partial charge in [0.05, 0.1) is 8.95 Å². The van der Waals surface area contributed by atoms with Crippen LogP contribution < -0.4 is 4.74 Å². The van der Waals surface area contributed by atoms with Crippen molar-refractivity contribution in [2.24, 2.45) is 0 Å². The fraction of sp³-hybridized carbons (Fsp3) is 0.259. The molecule has 174 valence electrons. The number of benzene rings is 3. The van der Waals surface area contributed by atoms with Crippen molar-refractivity contribution in [1.82, 2.24) is 0 Å². The topological polar surface area (TPSA) is 61.8 Å². The van der Waals surface area contributed by atoms with Crippen LogP contribution in [0.4, 0.5) is 0 Å². The molecule has 3 aromatic rings. The fourth-order valence-corrected chi connectivity index (χ4v) is 5.95. The van der Waals surface area contributed by atoms with Gasteiger partial charge in [-0.25, -0.2) is 9.59 Å². The van der Waals surface area contributed by atoms with E-state index in [9.17, 15) is 9.59 Å². The van der Waals surface area contributed by atoms with Gasteiger partial charge in [0.2, 0.25) is 0 Å². The normalized spacial score (nSPS) is 17.4. The largest absolute Gasteiger partial charge is 0.487 e. The Labute approximate surface area is 214 Å². The van der Waals surface area contributed by atoms with Gasteiger partial charge in [-0.1, -0.05) is 48.9 Å². The zero-order chi connectivity index (χ0) is 23.7.